The van der Waals surface area contributed by atoms with Crippen molar-refractivity contribution in [2.24, 2.45) is 0 Å². The molecule has 7 heteroatoms. The largest absolute Gasteiger partial charge is 0.497 e. The van der Waals surface area contributed by atoms with E-state index in [2.05, 4.69) is 20.3 Å². The zero-order valence-electron chi connectivity index (χ0n) is 12.6. The van der Waals surface area contributed by atoms with E-state index >= 15 is 0 Å². The van der Waals surface area contributed by atoms with Gasteiger partial charge < -0.3 is 25.8 Å². The van der Waals surface area contributed by atoms with Crippen LogP contribution in [0.5, 0.6) is 5.75 Å². The van der Waals surface area contributed by atoms with E-state index in [0.717, 1.165) is 22.3 Å². The normalized spacial score (nSPS) is 11.2. The van der Waals surface area contributed by atoms with Gasteiger partial charge in [-0.1, -0.05) is 6.08 Å². The van der Waals surface area contributed by atoms with Gasteiger partial charge in [0.15, 0.2) is 5.95 Å². The molecule has 2 heterocycles. The van der Waals surface area contributed by atoms with E-state index in [-0.39, 0.29) is 5.91 Å². The first-order valence-electron chi connectivity index (χ1n) is 7.07. The first-order valence-corrected chi connectivity index (χ1v) is 7.07. The SMILES string of the molecule is COc1ccc2[nH]c(C(=O)NC/C=C/c3cnc(N)[nH]3)cc2c1. The second-order valence-corrected chi connectivity index (χ2v) is 4.97. The van der Waals surface area contributed by atoms with Gasteiger partial charge in [0.2, 0.25) is 0 Å². The van der Waals surface area contributed by atoms with Crippen molar-refractivity contribution in [3.63, 3.8) is 0 Å². The monoisotopic (exact) mass is 311 g/mol. The van der Waals surface area contributed by atoms with Gasteiger partial charge in [0.25, 0.3) is 5.91 Å². The molecule has 118 valence electrons. The molecule has 0 unspecified atom stereocenters. The summed E-state index contributed by atoms with van der Waals surface area (Å²) in [5.41, 5.74) is 7.66. The molecule has 0 saturated heterocycles. The minimum Gasteiger partial charge on any atom is -0.497 e. The van der Waals surface area contributed by atoms with Gasteiger partial charge in [-0.15, -0.1) is 0 Å². The fourth-order valence-electron chi connectivity index (χ4n) is 2.23. The van der Waals surface area contributed by atoms with Crippen molar-refractivity contribution in [2.75, 3.05) is 19.4 Å². The lowest BCUT2D eigenvalue weighted by atomic mass is 10.2. The number of aromatic amines is 2. The number of carbonyl (C=O) groups is 1. The number of imidazole rings is 1. The first kappa shape index (κ1) is 14.7. The minimum atomic E-state index is -0.172. The first-order chi connectivity index (χ1) is 11.2. The molecule has 23 heavy (non-hydrogen) atoms. The standard InChI is InChI=1S/C16H17N5O2/c1-23-12-4-5-13-10(7-12)8-14(21-13)15(22)18-6-2-3-11-9-19-16(17)20-11/h2-5,7-9,21H,6H2,1H3,(H,18,22)(H3,17,19,20)/b3-2+. The lowest BCUT2D eigenvalue weighted by Crippen LogP contribution is -2.23. The van der Waals surface area contributed by atoms with Gasteiger partial charge in [-0.25, -0.2) is 4.98 Å². The number of methoxy groups -OCH3 is 1. The number of hydrogen-bond acceptors (Lipinski definition) is 4. The van der Waals surface area contributed by atoms with Crippen LogP contribution in [0.15, 0.2) is 36.5 Å². The van der Waals surface area contributed by atoms with E-state index in [1.807, 2.05) is 24.3 Å². The summed E-state index contributed by atoms with van der Waals surface area (Å²) < 4.78 is 5.17. The van der Waals surface area contributed by atoms with Gasteiger partial charge in [0.05, 0.1) is 19.0 Å². The number of amides is 1. The highest BCUT2D eigenvalue weighted by Crippen LogP contribution is 2.21. The van der Waals surface area contributed by atoms with Gasteiger partial charge >= 0.3 is 0 Å². The van der Waals surface area contributed by atoms with Crippen LogP contribution in [-0.4, -0.2) is 34.5 Å². The Labute approximate surface area is 132 Å². The molecule has 7 nitrogen and oxygen atoms in total. The molecule has 0 aliphatic heterocycles. The summed E-state index contributed by atoms with van der Waals surface area (Å²) in [7, 11) is 1.61. The van der Waals surface area contributed by atoms with E-state index in [0.29, 0.717) is 18.2 Å². The topological polar surface area (TPSA) is 109 Å². The van der Waals surface area contributed by atoms with Crippen LogP contribution in [0.1, 0.15) is 16.2 Å². The predicted octanol–water partition coefficient (Wildman–Crippen LogP) is 1.92. The Balaban J connectivity index is 1.62. The number of hydrogen-bond donors (Lipinski definition) is 4. The molecular formula is C16H17N5O2. The van der Waals surface area contributed by atoms with Gasteiger partial charge in [-0.2, -0.15) is 0 Å². The number of carbonyl (C=O) groups excluding carboxylic acids is 1. The minimum absolute atomic E-state index is 0.172. The number of ether oxygens (including phenoxy) is 1. The Kier molecular flexibility index (Phi) is 4.01. The van der Waals surface area contributed by atoms with Gasteiger partial charge in [-0.05, 0) is 30.3 Å². The molecule has 0 fully saturated rings. The Morgan fingerprint density at radius 3 is 3.00 bits per heavy atom. The molecule has 5 N–H and O–H groups in total. The maximum absolute atomic E-state index is 12.1. The van der Waals surface area contributed by atoms with E-state index in [1.165, 1.54) is 0 Å². The summed E-state index contributed by atoms with van der Waals surface area (Å²) in [6, 6.07) is 7.41. The van der Waals surface area contributed by atoms with Gasteiger partial charge in [0, 0.05) is 17.4 Å². The van der Waals surface area contributed by atoms with Crippen LogP contribution in [0, 0.1) is 0 Å². The molecule has 0 saturated carbocycles. The summed E-state index contributed by atoms with van der Waals surface area (Å²) in [6.07, 6.45) is 5.25. The number of aromatic nitrogens is 3. The fourth-order valence-corrected chi connectivity index (χ4v) is 2.23. The van der Waals surface area contributed by atoms with E-state index in [4.69, 9.17) is 10.5 Å². The zero-order valence-corrected chi connectivity index (χ0v) is 12.6. The van der Waals surface area contributed by atoms with E-state index in [9.17, 15) is 4.79 Å². The van der Waals surface area contributed by atoms with Crippen LogP contribution in [0.3, 0.4) is 0 Å². The maximum Gasteiger partial charge on any atom is 0.267 e. The van der Waals surface area contributed by atoms with Crippen LogP contribution in [0.2, 0.25) is 0 Å². The van der Waals surface area contributed by atoms with E-state index in [1.54, 1.807) is 25.4 Å². The molecule has 3 rings (SSSR count). The number of anilines is 1. The number of nitrogen functional groups attached to an aromatic ring is 1. The highest BCUT2D eigenvalue weighted by molar-refractivity contribution is 5.98. The predicted molar refractivity (Wildman–Crippen MR) is 89.2 cm³/mol. The van der Waals surface area contributed by atoms with Gasteiger partial charge in [0.1, 0.15) is 11.4 Å². The summed E-state index contributed by atoms with van der Waals surface area (Å²) in [4.78, 5) is 22.0. The third-order valence-electron chi connectivity index (χ3n) is 3.37. The smallest absolute Gasteiger partial charge is 0.267 e. The van der Waals surface area contributed by atoms with Crippen molar-refractivity contribution in [1.82, 2.24) is 20.3 Å². The second-order valence-electron chi connectivity index (χ2n) is 4.97. The van der Waals surface area contributed by atoms with Gasteiger partial charge in [-0.3, -0.25) is 4.79 Å². The number of nitrogens with two attached hydrogens (primary N) is 1. The summed E-state index contributed by atoms with van der Waals surface area (Å²) in [6.45, 7) is 0.399. The fraction of sp³-hybridized carbons (Fsp3) is 0.125. The zero-order chi connectivity index (χ0) is 16.2. The highest BCUT2D eigenvalue weighted by Gasteiger charge is 2.08. The molecule has 0 radical (unpaired) electrons. The van der Waals surface area contributed by atoms with E-state index < -0.39 is 0 Å². The third kappa shape index (κ3) is 3.34. The Morgan fingerprint density at radius 1 is 1.39 bits per heavy atom. The molecule has 1 amide bonds. The average Bonchev–Trinajstić information content (AvgIpc) is 3.16. The van der Waals surface area contributed by atoms with Crippen LogP contribution in [0.25, 0.3) is 17.0 Å². The number of H-pyrrole nitrogens is 2. The quantitative estimate of drug-likeness (QED) is 0.577. The van der Waals surface area contributed by atoms with Crippen molar-refractivity contribution >= 4 is 28.8 Å². The number of rotatable bonds is 5. The number of fused-ring (bicyclic) bond motifs is 1. The summed E-state index contributed by atoms with van der Waals surface area (Å²) in [5, 5.41) is 3.74. The highest BCUT2D eigenvalue weighted by atomic mass is 16.5. The lowest BCUT2D eigenvalue weighted by Gasteiger charge is -1.98. The summed E-state index contributed by atoms with van der Waals surface area (Å²) >= 11 is 0. The Morgan fingerprint density at radius 2 is 2.26 bits per heavy atom. The van der Waals surface area contributed by atoms with Crippen molar-refractivity contribution < 1.29 is 9.53 Å². The average molecular weight is 311 g/mol. The molecule has 0 bridgehead atoms. The molecule has 0 spiro atoms. The third-order valence-corrected chi connectivity index (χ3v) is 3.37. The Bertz CT molecular complexity index is 862. The number of nitrogens with zero attached hydrogens (tertiary/aromatic N) is 1. The molecule has 0 atom stereocenters. The molecule has 0 aliphatic rings. The Hall–Kier alpha value is -3.22. The molecule has 2 aromatic heterocycles. The molecular weight excluding hydrogens is 294 g/mol. The van der Waals surface area contributed by atoms with Crippen LogP contribution >= 0.6 is 0 Å². The van der Waals surface area contributed by atoms with Crippen molar-refractivity contribution in [3.8, 4) is 5.75 Å². The summed E-state index contributed by atoms with van der Waals surface area (Å²) in [5.74, 6) is 0.946. The van der Waals surface area contributed by atoms with Crippen molar-refractivity contribution in [2.45, 2.75) is 0 Å². The molecule has 1 aromatic carbocycles. The maximum atomic E-state index is 12.1. The van der Waals surface area contributed by atoms with Crippen LogP contribution in [-0.2, 0) is 0 Å². The number of nitrogens with one attached hydrogen (secondary N) is 3. The van der Waals surface area contributed by atoms with Crippen molar-refractivity contribution in [1.29, 1.82) is 0 Å². The molecule has 0 aliphatic carbocycles. The van der Waals surface area contributed by atoms with Crippen LogP contribution in [0.4, 0.5) is 5.95 Å². The number of benzene rings is 1. The van der Waals surface area contributed by atoms with Crippen molar-refractivity contribution in [3.05, 3.63) is 47.9 Å². The van der Waals surface area contributed by atoms with Crippen LogP contribution < -0.4 is 15.8 Å². The second kappa shape index (κ2) is 6.27. The molecule has 3 aromatic rings. The lowest BCUT2D eigenvalue weighted by molar-refractivity contribution is 0.0954.